The molecule has 35 heavy (non-hydrogen) atoms. The summed E-state index contributed by atoms with van der Waals surface area (Å²) in [5.41, 5.74) is 0.728. The number of hydrogen-bond donors (Lipinski definition) is 2. The summed E-state index contributed by atoms with van der Waals surface area (Å²) in [7, 11) is -2.16. The van der Waals surface area contributed by atoms with Crippen molar-refractivity contribution in [2.75, 3.05) is 4.72 Å². The third-order valence-electron chi connectivity index (χ3n) is 6.68. The molecule has 0 saturated heterocycles. The molecule has 1 aromatic carbocycles. The Hall–Kier alpha value is -3.40. The van der Waals surface area contributed by atoms with Gasteiger partial charge in [0, 0.05) is 37.7 Å². The van der Waals surface area contributed by atoms with Crippen LogP contribution in [0.3, 0.4) is 0 Å². The average molecular weight is 498 g/mol. The summed E-state index contributed by atoms with van der Waals surface area (Å²) < 4.78 is 34.8. The Morgan fingerprint density at radius 1 is 1.11 bits per heavy atom. The maximum atomic E-state index is 13.0. The fourth-order valence-corrected chi connectivity index (χ4v) is 5.83. The van der Waals surface area contributed by atoms with Gasteiger partial charge in [-0.2, -0.15) is 8.42 Å². The molecule has 1 saturated carbocycles. The van der Waals surface area contributed by atoms with Crippen LogP contribution in [0.15, 0.2) is 51.0 Å². The average Bonchev–Trinajstić information content (AvgIpc) is 3.53. The molecular weight excluding hydrogens is 470 g/mol. The van der Waals surface area contributed by atoms with Crippen LogP contribution in [0.25, 0.3) is 0 Å². The van der Waals surface area contributed by atoms with Crippen molar-refractivity contribution in [1.82, 2.24) is 9.55 Å². The molecule has 2 aromatic heterocycles. The quantitative estimate of drug-likeness (QED) is 0.530. The first-order chi connectivity index (χ1) is 16.7. The number of ketones is 1. The molecule has 1 unspecified atom stereocenters. The van der Waals surface area contributed by atoms with E-state index in [1.54, 1.807) is 35.9 Å². The number of Topliss-reactive ketones (excluding diaryl/α,β-unsaturated/α-hetero) is 1. The maximum absolute atomic E-state index is 13.0. The van der Waals surface area contributed by atoms with Crippen LogP contribution < -0.4 is 10.3 Å². The van der Waals surface area contributed by atoms with Crippen molar-refractivity contribution < 1.29 is 22.7 Å². The summed E-state index contributed by atoms with van der Waals surface area (Å²) >= 11 is 0. The Labute approximate surface area is 202 Å². The second kappa shape index (κ2) is 8.99. The molecule has 2 aliphatic carbocycles. The van der Waals surface area contributed by atoms with Crippen LogP contribution in [0.2, 0.25) is 0 Å². The molecule has 0 spiro atoms. The number of sulfonamides is 1. The Morgan fingerprint density at radius 3 is 2.49 bits per heavy atom. The van der Waals surface area contributed by atoms with Crippen LogP contribution in [0, 0.1) is 5.92 Å². The number of benzene rings is 1. The number of nitrogens with one attached hydrogen (secondary N) is 1. The van der Waals surface area contributed by atoms with Crippen LogP contribution in [-0.4, -0.2) is 28.9 Å². The lowest BCUT2D eigenvalue weighted by Crippen LogP contribution is -2.21. The van der Waals surface area contributed by atoms with Crippen molar-refractivity contribution in [3.05, 3.63) is 69.7 Å². The highest BCUT2D eigenvalue weighted by atomic mass is 32.2. The number of nitrogens with zero attached hydrogens (tertiary/aromatic N) is 2. The molecule has 0 bridgehead atoms. The number of imidazole rings is 1. The number of fused-ring (bicyclic) bond motifs is 1. The van der Waals surface area contributed by atoms with Crippen molar-refractivity contribution in [1.29, 1.82) is 0 Å². The lowest BCUT2D eigenvalue weighted by atomic mass is 9.85. The molecule has 1 fully saturated rings. The molecular formula is C25H27N3O6S. The molecule has 184 valence electrons. The minimum absolute atomic E-state index is 0.0899. The number of carbonyl (C=O) groups excluding carboxylic acids is 1. The van der Waals surface area contributed by atoms with Crippen molar-refractivity contribution >= 4 is 21.5 Å². The van der Waals surface area contributed by atoms with Gasteiger partial charge in [0.2, 0.25) is 0 Å². The Kier molecular flexibility index (Phi) is 6.00. The van der Waals surface area contributed by atoms with E-state index >= 15 is 0 Å². The van der Waals surface area contributed by atoms with Crippen molar-refractivity contribution in [2.24, 2.45) is 13.0 Å². The van der Waals surface area contributed by atoms with E-state index < -0.39 is 21.6 Å². The number of carbonyl (C=O) groups is 1. The highest BCUT2D eigenvalue weighted by Crippen LogP contribution is 2.48. The third kappa shape index (κ3) is 4.62. The molecule has 0 aliphatic heterocycles. The first-order valence-corrected chi connectivity index (χ1v) is 13.3. The van der Waals surface area contributed by atoms with E-state index in [9.17, 15) is 23.1 Å². The first kappa shape index (κ1) is 23.3. The second-order valence-electron chi connectivity index (χ2n) is 9.35. The van der Waals surface area contributed by atoms with Gasteiger partial charge < -0.3 is 14.1 Å². The van der Waals surface area contributed by atoms with Crippen molar-refractivity contribution in [3.63, 3.8) is 0 Å². The van der Waals surface area contributed by atoms with Gasteiger partial charge in [-0.25, -0.2) is 9.78 Å². The Morgan fingerprint density at radius 2 is 1.83 bits per heavy atom. The van der Waals surface area contributed by atoms with E-state index in [1.807, 2.05) is 0 Å². The van der Waals surface area contributed by atoms with Gasteiger partial charge in [0.15, 0.2) is 10.8 Å². The van der Waals surface area contributed by atoms with Crippen LogP contribution >= 0.6 is 0 Å². The molecule has 1 atom stereocenters. The Balaban J connectivity index is 1.49. The zero-order chi connectivity index (χ0) is 24.7. The van der Waals surface area contributed by atoms with Gasteiger partial charge in [0.1, 0.15) is 11.5 Å². The summed E-state index contributed by atoms with van der Waals surface area (Å²) in [5, 5.41) is 11.1. The number of aromatic hydroxyl groups is 1. The third-order valence-corrected chi connectivity index (χ3v) is 7.94. The minimum Gasteiger partial charge on any atom is -0.506 e. The predicted molar refractivity (Wildman–Crippen MR) is 128 cm³/mol. The van der Waals surface area contributed by atoms with E-state index in [1.165, 1.54) is 12.5 Å². The zero-order valence-electron chi connectivity index (χ0n) is 19.4. The van der Waals surface area contributed by atoms with E-state index in [2.05, 4.69) is 9.71 Å². The van der Waals surface area contributed by atoms with Crippen molar-refractivity contribution in [3.8, 4) is 5.75 Å². The fourth-order valence-electron chi connectivity index (χ4n) is 4.79. The number of aromatic nitrogens is 2. The van der Waals surface area contributed by atoms with Crippen LogP contribution in [0.1, 0.15) is 71.7 Å². The summed E-state index contributed by atoms with van der Waals surface area (Å²) in [6, 6.07) is 6.69. The normalized spacial score (nSPS) is 17.3. The maximum Gasteiger partial charge on any atom is 0.343 e. The Bertz CT molecular complexity index is 1430. The van der Waals surface area contributed by atoms with Crippen LogP contribution in [0.5, 0.6) is 5.75 Å². The van der Waals surface area contributed by atoms with Crippen LogP contribution in [-0.2, 0) is 23.5 Å². The van der Waals surface area contributed by atoms with Crippen molar-refractivity contribution in [2.45, 2.75) is 55.9 Å². The van der Waals surface area contributed by atoms with Gasteiger partial charge in [-0.05, 0) is 49.3 Å². The molecule has 9 nitrogen and oxygen atoms in total. The SMILES string of the molecule is Cn1cnc(S(=O)(=O)Nc2ccc(C(c3c(O)c4c(oc3=O)CCCCCC4=O)C3CC3)cc2)c1. The number of anilines is 1. The van der Waals surface area contributed by atoms with Gasteiger partial charge >= 0.3 is 5.63 Å². The number of aryl methyl sites for hydroxylation is 2. The van der Waals surface area contributed by atoms with E-state index in [0.29, 0.717) is 18.5 Å². The van der Waals surface area contributed by atoms with Gasteiger partial charge in [0.25, 0.3) is 10.0 Å². The molecule has 2 N–H and O–H groups in total. The second-order valence-corrected chi connectivity index (χ2v) is 11.0. The highest BCUT2D eigenvalue weighted by Gasteiger charge is 2.39. The summed E-state index contributed by atoms with van der Waals surface area (Å²) in [5.74, 6) is -0.511. The molecule has 10 heteroatoms. The zero-order valence-corrected chi connectivity index (χ0v) is 20.2. The van der Waals surface area contributed by atoms with Gasteiger partial charge in [-0.3, -0.25) is 9.52 Å². The molecule has 3 aromatic rings. The monoisotopic (exact) mass is 497 g/mol. The van der Waals surface area contributed by atoms with E-state index in [4.69, 9.17) is 4.42 Å². The molecule has 5 rings (SSSR count). The summed E-state index contributed by atoms with van der Waals surface area (Å²) in [6.45, 7) is 0. The molecule has 2 heterocycles. The summed E-state index contributed by atoms with van der Waals surface area (Å²) in [4.78, 5) is 29.7. The standard InChI is InChI=1S/C25H27N3O6S/c1-28-13-20(26-14-28)35(32,33)27-17-11-9-16(10-12-17)21(15-7-8-15)23-24(30)22-18(29)5-3-2-4-6-19(22)34-25(23)31/h9-15,21,27,30H,2-8H2,1H3. The lowest BCUT2D eigenvalue weighted by molar-refractivity contribution is 0.0968. The molecule has 0 radical (unpaired) electrons. The minimum atomic E-state index is -3.84. The van der Waals surface area contributed by atoms with E-state index in [0.717, 1.165) is 37.7 Å². The number of hydrogen-bond acceptors (Lipinski definition) is 7. The van der Waals surface area contributed by atoms with Gasteiger partial charge in [-0.15, -0.1) is 0 Å². The molecule has 0 amide bonds. The smallest absolute Gasteiger partial charge is 0.343 e. The fraction of sp³-hybridized carbons (Fsp3) is 0.400. The van der Waals surface area contributed by atoms with Gasteiger partial charge in [0.05, 0.1) is 17.5 Å². The van der Waals surface area contributed by atoms with Crippen LogP contribution in [0.4, 0.5) is 5.69 Å². The summed E-state index contributed by atoms with van der Waals surface area (Å²) in [6.07, 6.45) is 7.74. The lowest BCUT2D eigenvalue weighted by Gasteiger charge is -2.21. The highest BCUT2D eigenvalue weighted by molar-refractivity contribution is 7.92. The number of rotatable bonds is 6. The largest absolute Gasteiger partial charge is 0.506 e. The topological polar surface area (TPSA) is 132 Å². The predicted octanol–water partition coefficient (Wildman–Crippen LogP) is 3.72. The molecule has 2 aliphatic rings. The van der Waals surface area contributed by atoms with Gasteiger partial charge in [-0.1, -0.05) is 18.6 Å². The van der Waals surface area contributed by atoms with E-state index in [-0.39, 0.29) is 39.4 Å². The first-order valence-electron chi connectivity index (χ1n) is 11.8.